The zero-order valence-electron chi connectivity index (χ0n) is 24.4. The van der Waals surface area contributed by atoms with Crippen LogP contribution < -0.4 is 14.5 Å². The first-order chi connectivity index (χ1) is 21.1. The molecule has 1 amide bonds. The number of amides is 1. The van der Waals surface area contributed by atoms with E-state index in [0.717, 1.165) is 77.8 Å². The SMILES string of the molecule is COc1nc2c(c(N3CCN(C(=O)/C=C/CN4CCOCC4)[C@@H](CC#N)C3)n1)CCN(c1cccc3cccc(Cl)c13)C2. The number of ether oxygens (including phenoxy) is 2. The Bertz CT molecular complexity index is 1550. The summed E-state index contributed by atoms with van der Waals surface area (Å²) in [4.78, 5) is 31.3. The van der Waals surface area contributed by atoms with Crippen molar-refractivity contribution < 1.29 is 14.3 Å². The molecule has 0 saturated carbocycles. The molecule has 2 aromatic carbocycles. The van der Waals surface area contributed by atoms with Crippen molar-refractivity contribution in [1.82, 2.24) is 19.8 Å². The third kappa shape index (κ3) is 6.25. The number of carbonyl (C=O) groups is 1. The fourth-order valence-electron chi connectivity index (χ4n) is 6.29. The van der Waals surface area contributed by atoms with Gasteiger partial charge in [-0.25, -0.2) is 0 Å². The highest BCUT2D eigenvalue weighted by Crippen LogP contribution is 2.37. The van der Waals surface area contributed by atoms with Gasteiger partial charge >= 0.3 is 6.01 Å². The molecular formula is C32H36ClN7O3. The minimum absolute atomic E-state index is 0.0557. The standard InChI is InChI=1S/C32H36ClN7O3/c1-42-32-35-27-22-38(28-8-3-6-23-5-2-7-26(33)30(23)28)14-11-25(27)31(36-32)39-15-16-40(24(21-39)10-12-34)29(41)9-4-13-37-17-19-43-20-18-37/h2-9,24H,10-11,13-22H2,1H3/b9-4+/t24-/m0/s1. The minimum atomic E-state index is -0.242. The van der Waals surface area contributed by atoms with Gasteiger partial charge in [-0.2, -0.15) is 15.2 Å². The number of hydrogen-bond donors (Lipinski definition) is 0. The molecule has 0 spiro atoms. The second-order valence-corrected chi connectivity index (χ2v) is 11.5. The number of fused-ring (bicyclic) bond motifs is 2. The maximum absolute atomic E-state index is 13.2. The van der Waals surface area contributed by atoms with E-state index >= 15 is 0 Å². The number of rotatable bonds is 7. The Morgan fingerprint density at radius 3 is 2.72 bits per heavy atom. The van der Waals surface area contributed by atoms with Crippen molar-refractivity contribution in [2.75, 3.05) is 75.9 Å². The van der Waals surface area contributed by atoms with Crippen LogP contribution in [0.5, 0.6) is 6.01 Å². The molecule has 3 aliphatic rings. The molecule has 1 aromatic heterocycles. The molecule has 3 aliphatic heterocycles. The van der Waals surface area contributed by atoms with Crippen molar-refractivity contribution in [1.29, 1.82) is 5.26 Å². The molecule has 43 heavy (non-hydrogen) atoms. The molecule has 0 unspecified atom stereocenters. The summed E-state index contributed by atoms with van der Waals surface area (Å²) < 4.78 is 10.9. The van der Waals surface area contributed by atoms with Crippen LogP contribution >= 0.6 is 11.6 Å². The Labute approximate surface area is 257 Å². The van der Waals surface area contributed by atoms with Crippen molar-refractivity contribution in [3.63, 3.8) is 0 Å². The predicted octanol–water partition coefficient (Wildman–Crippen LogP) is 3.67. The number of halogens is 1. The number of carbonyl (C=O) groups excluding carboxylic acids is 1. The van der Waals surface area contributed by atoms with E-state index in [-0.39, 0.29) is 18.4 Å². The van der Waals surface area contributed by atoms with Crippen LogP contribution in [0, 0.1) is 11.3 Å². The van der Waals surface area contributed by atoms with Crippen LogP contribution in [-0.4, -0.2) is 97.9 Å². The lowest BCUT2D eigenvalue weighted by Gasteiger charge is -2.42. The first-order valence-corrected chi connectivity index (χ1v) is 15.2. The molecule has 10 nitrogen and oxygen atoms in total. The van der Waals surface area contributed by atoms with E-state index in [1.165, 1.54) is 0 Å². The predicted molar refractivity (Wildman–Crippen MR) is 167 cm³/mol. The number of nitriles is 1. The van der Waals surface area contributed by atoms with Gasteiger partial charge in [0, 0.05) is 68.5 Å². The summed E-state index contributed by atoms with van der Waals surface area (Å²) in [7, 11) is 1.58. The van der Waals surface area contributed by atoms with Crippen molar-refractivity contribution in [2.45, 2.75) is 25.4 Å². The lowest BCUT2D eigenvalue weighted by atomic mass is 10.0. The van der Waals surface area contributed by atoms with Crippen molar-refractivity contribution in [3.8, 4) is 12.1 Å². The molecule has 0 aliphatic carbocycles. The fraction of sp³-hybridized carbons (Fsp3) is 0.438. The average Bonchev–Trinajstić information content (AvgIpc) is 3.04. The summed E-state index contributed by atoms with van der Waals surface area (Å²) in [6.45, 7) is 6.92. The van der Waals surface area contributed by atoms with Gasteiger partial charge < -0.3 is 24.2 Å². The van der Waals surface area contributed by atoms with Gasteiger partial charge in [-0.3, -0.25) is 9.69 Å². The Hall–Kier alpha value is -3.91. The number of morpholine rings is 1. The topological polar surface area (TPSA) is 98.1 Å². The van der Waals surface area contributed by atoms with Gasteiger partial charge in [0.1, 0.15) is 5.82 Å². The normalized spacial score (nSPS) is 19.5. The first-order valence-electron chi connectivity index (χ1n) is 14.8. The van der Waals surface area contributed by atoms with E-state index < -0.39 is 0 Å². The van der Waals surface area contributed by atoms with Crippen LogP contribution in [0.1, 0.15) is 17.7 Å². The minimum Gasteiger partial charge on any atom is -0.467 e. The number of anilines is 2. The molecule has 2 saturated heterocycles. The van der Waals surface area contributed by atoms with E-state index in [1.807, 2.05) is 23.1 Å². The van der Waals surface area contributed by atoms with E-state index in [0.29, 0.717) is 38.7 Å². The molecular weight excluding hydrogens is 566 g/mol. The Morgan fingerprint density at radius 1 is 1.12 bits per heavy atom. The van der Waals surface area contributed by atoms with Crippen molar-refractivity contribution >= 4 is 39.8 Å². The van der Waals surface area contributed by atoms with Crippen molar-refractivity contribution in [3.05, 3.63) is 64.8 Å². The van der Waals surface area contributed by atoms with E-state index in [1.54, 1.807) is 13.2 Å². The molecule has 11 heteroatoms. The van der Waals surface area contributed by atoms with Gasteiger partial charge in [-0.15, -0.1) is 0 Å². The van der Waals surface area contributed by atoms with Crippen molar-refractivity contribution in [2.24, 2.45) is 0 Å². The van der Waals surface area contributed by atoms with Crippen LogP contribution in [-0.2, 0) is 22.5 Å². The quantitative estimate of drug-likeness (QED) is 0.376. The van der Waals surface area contributed by atoms with Crippen LogP contribution in [0.3, 0.4) is 0 Å². The summed E-state index contributed by atoms with van der Waals surface area (Å²) >= 11 is 6.65. The number of piperazine rings is 1. The largest absolute Gasteiger partial charge is 0.467 e. The highest BCUT2D eigenvalue weighted by molar-refractivity contribution is 6.36. The van der Waals surface area contributed by atoms with Gasteiger partial charge in [0.2, 0.25) is 5.91 Å². The number of hydrogen-bond acceptors (Lipinski definition) is 9. The molecule has 6 rings (SSSR count). The Kier molecular flexibility index (Phi) is 8.93. The van der Waals surface area contributed by atoms with E-state index in [2.05, 4.69) is 45.0 Å². The summed E-state index contributed by atoms with van der Waals surface area (Å²) in [5, 5.41) is 12.5. The van der Waals surface area contributed by atoms with Gasteiger partial charge in [-0.05, 0) is 23.9 Å². The molecule has 4 heterocycles. The fourth-order valence-corrected chi connectivity index (χ4v) is 6.57. The highest BCUT2D eigenvalue weighted by atomic mass is 35.5. The van der Waals surface area contributed by atoms with Crippen LogP contribution in [0.2, 0.25) is 5.02 Å². The van der Waals surface area contributed by atoms with Crippen LogP contribution in [0.15, 0.2) is 48.6 Å². The molecule has 224 valence electrons. The lowest BCUT2D eigenvalue weighted by Crippen LogP contribution is -2.55. The number of aromatic nitrogens is 2. The second kappa shape index (κ2) is 13.2. The maximum Gasteiger partial charge on any atom is 0.318 e. The molecule has 0 bridgehead atoms. The van der Waals surface area contributed by atoms with Gasteiger partial charge in [0.25, 0.3) is 0 Å². The number of methoxy groups -OCH3 is 1. The summed E-state index contributed by atoms with van der Waals surface area (Å²) in [6, 6.07) is 14.6. The van der Waals surface area contributed by atoms with Gasteiger partial charge in [0.05, 0.1) is 56.1 Å². The zero-order chi connectivity index (χ0) is 29.8. The highest BCUT2D eigenvalue weighted by Gasteiger charge is 2.33. The summed E-state index contributed by atoms with van der Waals surface area (Å²) in [6.07, 6.45) is 4.57. The first kappa shape index (κ1) is 29.2. The van der Waals surface area contributed by atoms with Crippen LogP contribution in [0.25, 0.3) is 10.8 Å². The van der Waals surface area contributed by atoms with Gasteiger partial charge in [-0.1, -0.05) is 41.9 Å². The molecule has 1 atom stereocenters. The molecule has 0 N–H and O–H groups in total. The maximum atomic E-state index is 13.2. The average molecular weight is 602 g/mol. The van der Waals surface area contributed by atoms with Crippen LogP contribution in [0.4, 0.5) is 11.5 Å². The zero-order valence-corrected chi connectivity index (χ0v) is 25.2. The third-order valence-corrected chi connectivity index (χ3v) is 8.81. The monoisotopic (exact) mass is 601 g/mol. The molecule has 2 fully saturated rings. The van der Waals surface area contributed by atoms with E-state index in [4.69, 9.17) is 31.0 Å². The van der Waals surface area contributed by atoms with E-state index in [9.17, 15) is 10.1 Å². The summed E-state index contributed by atoms with van der Waals surface area (Å²) in [5.41, 5.74) is 3.08. The Morgan fingerprint density at radius 2 is 1.93 bits per heavy atom. The number of nitrogens with zero attached hydrogens (tertiary/aromatic N) is 7. The molecule has 0 radical (unpaired) electrons. The molecule has 3 aromatic rings. The lowest BCUT2D eigenvalue weighted by molar-refractivity contribution is -0.128. The van der Waals surface area contributed by atoms with Gasteiger partial charge in [0.15, 0.2) is 0 Å². The number of benzene rings is 2. The third-order valence-electron chi connectivity index (χ3n) is 8.50. The second-order valence-electron chi connectivity index (χ2n) is 11.1. The smallest absolute Gasteiger partial charge is 0.318 e. The Balaban J connectivity index is 1.21. The summed E-state index contributed by atoms with van der Waals surface area (Å²) in [5.74, 6) is 0.773.